The van der Waals surface area contributed by atoms with Crippen LogP contribution in [0.15, 0.2) is 18.2 Å². The Labute approximate surface area is 100 Å². The van der Waals surface area contributed by atoms with E-state index in [1.165, 1.54) is 36.0 Å². The van der Waals surface area contributed by atoms with Crippen LogP contribution in [0.4, 0.5) is 0 Å². The van der Waals surface area contributed by atoms with E-state index in [9.17, 15) is 0 Å². The monoisotopic (exact) mass is 219 g/mol. The van der Waals surface area contributed by atoms with E-state index in [4.69, 9.17) is 5.73 Å². The van der Waals surface area contributed by atoms with Gasteiger partial charge in [-0.3, -0.25) is 0 Å². The highest BCUT2D eigenvalue weighted by atomic mass is 14.7. The van der Waals surface area contributed by atoms with Crippen molar-refractivity contribution in [1.29, 1.82) is 0 Å². The smallest absolute Gasteiger partial charge is 0.00970 e. The molecule has 0 amide bonds. The van der Waals surface area contributed by atoms with Crippen LogP contribution in [0.3, 0.4) is 0 Å². The van der Waals surface area contributed by atoms with Crippen LogP contribution >= 0.6 is 0 Å². The normalized spacial score (nSPS) is 11.8. The molecule has 0 aliphatic rings. The Morgan fingerprint density at radius 1 is 1.12 bits per heavy atom. The molecule has 16 heavy (non-hydrogen) atoms. The first-order valence-corrected chi connectivity index (χ1v) is 6.23. The number of aryl methyl sites for hydroxylation is 3. The summed E-state index contributed by atoms with van der Waals surface area (Å²) in [6, 6.07) is 6.73. The highest BCUT2D eigenvalue weighted by Crippen LogP contribution is 2.16. The summed E-state index contributed by atoms with van der Waals surface area (Å²) in [5.74, 6) is 0. The predicted molar refractivity (Wildman–Crippen MR) is 71.7 cm³/mol. The van der Waals surface area contributed by atoms with E-state index in [1.54, 1.807) is 0 Å². The molecule has 1 aromatic rings. The van der Waals surface area contributed by atoms with Crippen molar-refractivity contribution in [2.45, 2.75) is 58.9 Å². The van der Waals surface area contributed by atoms with E-state index >= 15 is 0 Å². The molecule has 2 N–H and O–H groups in total. The van der Waals surface area contributed by atoms with Gasteiger partial charge in [0.25, 0.3) is 0 Å². The van der Waals surface area contributed by atoms with Gasteiger partial charge in [0.1, 0.15) is 0 Å². The molecule has 0 radical (unpaired) electrons. The fraction of sp³-hybridized carbons (Fsp3) is 0.600. The quantitative estimate of drug-likeness (QED) is 0.750. The maximum Gasteiger partial charge on any atom is 0.00970 e. The molecule has 0 saturated heterocycles. The molecule has 0 unspecified atom stereocenters. The van der Waals surface area contributed by atoms with Gasteiger partial charge in [-0.25, -0.2) is 0 Å². The minimum atomic E-state index is -0.0116. The molecule has 0 aromatic heterocycles. The fourth-order valence-electron chi connectivity index (χ4n) is 2.02. The summed E-state index contributed by atoms with van der Waals surface area (Å²) in [5, 5.41) is 0. The lowest BCUT2D eigenvalue weighted by Crippen LogP contribution is -2.31. The molecule has 1 heteroatoms. The molecule has 0 aliphatic carbocycles. The maximum atomic E-state index is 5.96. The molecule has 0 saturated carbocycles. The number of unbranched alkanes of at least 4 members (excludes halogenated alkanes) is 1. The Morgan fingerprint density at radius 2 is 1.81 bits per heavy atom. The second kappa shape index (κ2) is 5.49. The van der Waals surface area contributed by atoms with Gasteiger partial charge >= 0.3 is 0 Å². The third-order valence-electron chi connectivity index (χ3n) is 3.02. The standard InChI is InChI=1S/C15H25N/c1-12-8-9-14(13(2)11-12)7-5-6-10-15(3,4)16/h8-9,11H,5-7,10,16H2,1-4H3. The van der Waals surface area contributed by atoms with Crippen LogP contribution in [0.2, 0.25) is 0 Å². The molecule has 0 bridgehead atoms. The van der Waals surface area contributed by atoms with Crippen molar-refractivity contribution in [1.82, 2.24) is 0 Å². The SMILES string of the molecule is Cc1ccc(CCCCC(C)(C)N)c(C)c1. The second-order valence-corrected chi connectivity index (χ2v) is 5.63. The zero-order valence-electron chi connectivity index (χ0n) is 11.1. The number of hydrogen-bond acceptors (Lipinski definition) is 1. The van der Waals surface area contributed by atoms with Crippen LogP contribution in [0.1, 0.15) is 49.8 Å². The van der Waals surface area contributed by atoms with E-state index in [0.29, 0.717) is 0 Å². The van der Waals surface area contributed by atoms with Crippen molar-refractivity contribution >= 4 is 0 Å². The van der Waals surface area contributed by atoms with Crippen molar-refractivity contribution < 1.29 is 0 Å². The Kier molecular flexibility index (Phi) is 4.55. The van der Waals surface area contributed by atoms with Crippen molar-refractivity contribution in [3.05, 3.63) is 34.9 Å². The summed E-state index contributed by atoms with van der Waals surface area (Å²) in [7, 11) is 0. The summed E-state index contributed by atoms with van der Waals surface area (Å²) >= 11 is 0. The van der Waals surface area contributed by atoms with Gasteiger partial charge in [-0.15, -0.1) is 0 Å². The van der Waals surface area contributed by atoms with Gasteiger partial charge in [-0.05, 0) is 58.1 Å². The van der Waals surface area contributed by atoms with Crippen LogP contribution in [-0.4, -0.2) is 5.54 Å². The lowest BCUT2D eigenvalue weighted by atomic mass is 9.95. The zero-order chi connectivity index (χ0) is 12.2. The second-order valence-electron chi connectivity index (χ2n) is 5.63. The first-order chi connectivity index (χ1) is 7.38. The summed E-state index contributed by atoms with van der Waals surface area (Å²) in [6.07, 6.45) is 4.75. The molecule has 1 nitrogen and oxygen atoms in total. The molecule has 0 atom stereocenters. The Morgan fingerprint density at radius 3 is 2.38 bits per heavy atom. The van der Waals surface area contributed by atoms with Crippen LogP contribution in [-0.2, 0) is 6.42 Å². The predicted octanol–water partition coefficient (Wildman–Crippen LogP) is 3.75. The number of benzene rings is 1. The maximum absolute atomic E-state index is 5.96. The number of hydrogen-bond donors (Lipinski definition) is 1. The van der Waals surface area contributed by atoms with E-state index < -0.39 is 0 Å². The van der Waals surface area contributed by atoms with Crippen molar-refractivity contribution in [3.8, 4) is 0 Å². The van der Waals surface area contributed by atoms with Gasteiger partial charge in [0.15, 0.2) is 0 Å². The molecule has 90 valence electrons. The summed E-state index contributed by atoms with van der Waals surface area (Å²) < 4.78 is 0. The van der Waals surface area contributed by atoms with Gasteiger partial charge < -0.3 is 5.73 Å². The van der Waals surface area contributed by atoms with E-state index in [1.807, 2.05) is 0 Å². The third kappa shape index (κ3) is 4.80. The fourth-order valence-corrected chi connectivity index (χ4v) is 2.02. The first-order valence-electron chi connectivity index (χ1n) is 6.23. The average molecular weight is 219 g/mol. The van der Waals surface area contributed by atoms with Gasteiger partial charge in [-0.2, -0.15) is 0 Å². The van der Waals surface area contributed by atoms with Crippen LogP contribution in [0.5, 0.6) is 0 Å². The molecule has 0 spiro atoms. The number of rotatable bonds is 5. The van der Waals surface area contributed by atoms with Crippen molar-refractivity contribution in [2.75, 3.05) is 0 Å². The average Bonchev–Trinajstić information content (AvgIpc) is 2.13. The molecule has 0 aliphatic heterocycles. The number of nitrogens with two attached hydrogens (primary N) is 1. The summed E-state index contributed by atoms with van der Waals surface area (Å²) in [6.45, 7) is 8.55. The lowest BCUT2D eigenvalue weighted by molar-refractivity contribution is 0.450. The topological polar surface area (TPSA) is 26.0 Å². The Hall–Kier alpha value is -0.820. The summed E-state index contributed by atoms with van der Waals surface area (Å²) in [5.41, 5.74) is 10.2. The molecule has 0 heterocycles. The van der Waals surface area contributed by atoms with Gasteiger partial charge in [-0.1, -0.05) is 30.2 Å². The minimum absolute atomic E-state index is 0.0116. The molecular weight excluding hydrogens is 194 g/mol. The van der Waals surface area contributed by atoms with E-state index in [0.717, 1.165) is 6.42 Å². The van der Waals surface area contributed by atoms with Gasteiger partial charge in [0, 0.05) is 5.54 Å². The highest BCUT2D eigenvalue weighted by molar-refractivity contribution is 5.30. The highest BCUT2D eigenvalue weighted by Gasteiger charge is 2.09. The first kappa shape index (κ1) is 13.2. The van der Waals surface area contributed by atoms with Crippen molar-refractivity contribution in [2.24, 2.45) is 5.73 Å². The Bertz CT molecular complexity index is 334. The lowest BCUT2D eigenvalue weighted by Gasteiger charge is -2.17. The van der Waals surface area contributed by atoms with Crippen LogP contribution in [0.25, 0.3) is 0 Å². The van der Waals surface area contributed by atoms with E-state index in [-0.39, 0.29) is 5.54 Å². The molecular formula is C15H25N. The molecule has 1 aromatic carbocycles. The largest absolute Gasteiger partial charge is 0.326 e. The van der Waals surface area contributed by atoms with E-state index in [2.05, 4.69) is 45.9 Å². The van der Waals surface area contributed by atoms with Crippen LogP contribution < -0.4 is 5.73 Å². The van der Waals surface area contributed by atoms with Crippen molar-refractivity contribution in [3.63, 3.8) is 0 Å². The summed E-state index contributed by atoms with van der Waals surface area (Å²) in [4.78, 5) is 0. The molecule has 0 fully saturated rings. The van der Waals surface area contributed by atoms with Crippen LogP contribution in [0, 0.1) is 13.8 Å². The third-order valence-corrected chi connectivity index (χ3v) is 3.02. The van der Waals surface area contributed by atoms with Gasteiger partial charge in [0.05, 0.1) is 0 Å². The Balaban J connectivity index is 2.38. The molecule has 1 rings (SSSR count). The zero-order valence-corrected chi connectivity index (χ0v) is 11.1. The van der Waals surface area contributed by atoms with Gasteiger partial charge in [0.2, 0.25) is 0 Å². The minimum Gasteiger partial charge on any atom is -0.326 e.